The molecule has 2 rings (SSSR count). The average molecular weight is 305 g/mol. The smallest absolute Gasteiger partial charge is 0.417 e. The van der Waals surface area contributed by atoms with E-state index in [1.807, 2.05) is 6.92 Å². The molecule has 1 amide bonds. The summed E-state index contributed by atoms with van der Waals surface area (Å²) in [6, 6.07) is 0. The number of hydrogen-bond donors (Lipinski definition) is 0. The van der Waals surface area contributed by atoms with Gasteiger partial charge in [-0.3, -0.25) is 4.79 Å². The first-order valence-corrected chi connectivity index (χ1v) is 7.10. The van der Waals surface area contributed by atoms with Crippen LogP contribution < -0.4 is 0 Å². The first kappa shape index (κ1) is 15.8. The number of alkyl halides is 3. The molecule has 118 valence electrons. The van der Waals surface area contributed by atoms with Crippen LogP contribution in [-0.2, 0) is 11.0 Å². The van der Waals surface area contributed by atoms with Gasteiger partial charge in [0, 0.05) is 25.4 Å². The largest absolute Gasteiger partial charge is 0.470 e. The van der Waals surface area contributed by atoms with Crippen molar-refractivity contribution in [1.29, 1.82) is 0 Å². The topological polar surface area (TPSA) is 59.2 Å². The van der Waals surface area contributed by atoms with Gasteiger partial charge in [-0.25, -0.2) is 0 Å². The van der Waals surface area contributed by atoms with Crippen LogP contribution in [0.1, 0.15) is 56.7 Å². The van der Waals surface area contributed by atoms with E-state index in [4.69, 9.17) is 4.42 Å². The Kier molecular flexibility index (Phi) is 4.84. The summed E-state index contributed by atoms with van der Waals surface area (Å²) in [5.74, 6) is -1.39. The summed E-state index contributed by atoms with van der Waals surface area (Å²) < 4.78 is 41.9. The molecule has 0 saturated carbocycles. The first-order chi connectivity index (χ1) is 9.91. The van der Waals surface area contributed by atoms with E-state index in [0.717, 1.165) is 12.8 Å². The van der Waals surface area contributed by atoms with Crippen molar-refractivity contribution >= 4 is 5.91 Å². The van der Waals surface area contributed by atoms with Crippen molar-refractivity contribution in [3.05, 3.63) is 11.8 Å². The van der Waals surface area contributed by atoms with Crippen molar-refractivity contribution in [3.8, 4) is 0 Å². The van der Waals surface area contributed by atoms with Crippen LogP contribution in [0.4, 0.5) is 13.2 Å². The number of carbonyl (C=O) groups is 1. The third kappa shape index (κ3) is 3.95. The number of likely N-dealkylation sites (tertiary alicyclic amines) is 1. The second-order valence-electron chi connectivity index (χ2n) is 5.20. The van der Waals surface area contributed by atoms with Crippen LogP contribution >= 0.6 is 0 Å². The molecule has 0 aromatic carbocycles. The number of piperidine rings is 1. The highest BCUT2D eigenvalue weighted by Gasteiger charge is 2.39. The van der Waals surface area contributed by atoms with Gasteiger partial charge in [-0.1, -0.05) is 13.3 Å². The lowest BCUT2D eigenvalue weighted by atomic mass is 9.96. The maximum Gasteiger partial charge on any atom is 0.470 e. The quantitative estimate of drug-likeness (QED) is 0.858. The van der Waals surface area contributed by atoms with E-state index in [-0.39, 0.29) is 17.7 Å². The molecule has 0 spiro atoms. The molecule has 2 heterocycles. The number of rotatable bonds is 4. The first-order valence-electron chi connectivity index (χ1n) is 7.10. The fourth-order valence-corrected chi connectivity index (χ4v) is 2.38. The minimum Gasteiger partial charge on any atom is -0.417 e. The van der Waals surface area contributed by atoms with Crippen LogP contribution in [-0.4, -0.2) is 34.1 Å². The molecule has 21 heavy (non-hydrogen) atoms. The van der Waals surface area contributed by atoms with Crippen LogP contribution in [0.5, 0.6) is 0 Å². The standard InChI is InChI=1S/C13H18F3N3O2/c1-2-3-4-10(20)19-7-5-9(6-8-19)11-17-18-12(21-11)13(14,15)16/h9H,2-8H2,1H3. The number of carbonyl (C=O) groups excluding carboxylic acids is 1. The van der Waals surface area contributed by atoms with Crippen molar-refractivity contribution in [2.24, 2.45) is 0 Å². The number of amides is 1. The predicted octanol–water partition coefficient (Wildman–Crippen LogP) is 2.98. The van der Waals surface area contributed by atoms with Gasteiger partial charge in [0.05, 0.1) is 0 Å². The zero-order valence-electron chi connectivity index (χ0n) is 11.8. The molecular weight excluding hydrogens is 287 g/mol. The maximum atomic E-state index is 12.4. The number of unbranched alkanes of at least 4 members (excludes halogenated alkanes) is 1. The summed E-state index contributed by atoms with van der Waals surface area (Å²) in [7, 11) is 0. The lowest BCUT2D eigenvalue weighted by Gasteiger charge is -2.30. The van der Waals surface area contributed by atoms with Gasteiger partial charge in [-0.2, -0.15) is 13.2 Å². The van der Waals surface area contributed by atoms with Gasteiger partial charge >= 0.3 is 12.1 Å². The predicted molar refractivity (Wildman–Crippen MR) is 67.4 cm³/mol. The van der Waals surface area contributed by atoms with Crippen molar-refractivity contribution in [3.63, 3.8) is 0 Å². The Morgan fingerprint density at radius 2 is 2.00 bits per heavy atom. The second-order valence-corrected chi connectivity index (χ2v) is 5.20. The Morgan fingerprint density at radius 3 is 2.52 bits per heavy atom. The highest BCUT2D eigenvalue weighted by Crippen LogP contribution is 2.32. The van der Waals surface area contributed by atoms with Gasteiger partial charge < -0.3 is 9.32 Å². The Morgan fingerprint density at radius 1 is 1.33 bits per heavy atom. The van der Waals surface area contributed by atoms with Crippen LogP contribution in [0.25, 0.3) is 0 Å². The van der Waals surface area contributed by atoms with Crippen LogP contribution in [0.2, 0.25) is 0 Å². The Labute approximate surface area is 120 Å². The third-order valence-electron chi connectivity index (χ3n) is 3.62. The van der Waals surface area contributed by atoms with Gasteiger partial charge in [0.25, 0.3) is 0 Å². The molecule has 1 saturated heterocycles. The monoisotopic (exact) mass is 305 g/mol. The molecule has 1 aromatic rings. The summed E-state index contributed by atoms with van der Waals surface area (Å²) in [5.41, 5.74) is 0. The molecule has 0 radical (unpaired) electrons. The van der Waals surface area contributed by atoms with E-state index in [1.54, 1.807) is 4.90 Å². The summed E-state index contributed by atoms with van der Waals surface area (Å²) in [4.78, 5) is 13.6. The minimum absolute atomic E-state index is 0.0167. The third-order valence-corrected chi connectivity index (χ3v) is 3.62. The summed E-state index contributed by atoms with van der Waals surface area (Å²) in [6.45, 7) is 3.07. The molecule has 0 N–H and O–H groups in total. The molecule has 0 aliphatic carbocycles. The zero-order valence-corrected chi connectivity index (χ0v) is 11.8. The molecule has 1 aromatic heterocycles. The summed E-state index contributed by atoms with van der Waals surface area (Å²) in [6.07, 6.45) is -1.15. The maximum absolute atomic E-state index is 12.4. The number of hydrogen-bond acceptors (Lipinski definition) is 4. The highest BCUT2D eigenvalue weighted by atomic mass is 19.4. The molecule has 0 atom stereocenters. The minimum atomic E-state index is -4.61. The summed E-state index contributed by atoms with van der Waals surface area (Å²) >= 11 is 0. The fraction of sp³-hybridized carbons (Fsp3) is 0.769. The van der Waals surface area contributed by atoms with Crippen molar-refractivity contribution < 1.29 is 22.4 Å². The van der Waals surface area contributed by atoms with E-state index in [0.29, 0.717) is 32.4 Å². The molecule has 5 nitrogen and oxygen atoms in total. The van der Waals surface area contributed by atoms with E-state index < -0.39 is 12.1 Å². The average Bonchev–Trinajstić information content (AvgIpc) is 2.95. The lowest BCUT2D eigenvalue weighted by Crippen LogP contribution is -2.37. The fourth-order valence-electron chi connectivity index (χ4n) is 2.38. The molecule has 0 unspecified atom stereocenters. The van der Waals surface area contributed by atoms with Crippen molar-refractivity contribution in [2.75, 3.05) is 13.1 Å². The zero-order chi connectivity index (χ0) is 15.5. The van der Waals surface area contributed by atoms with Gasteiger partial charge in [0.1, 0.15) is 0 Å². The van der Waals surface area contributed by atoms with Gasteiger partial charge in [-0.15, -0.1) is 10.2 Å². The Hall–Kier alpha value is -1.60. The normalized spacial score (nSPS) is 17.2. The molecule has 1 aliphatic rings. The van der Waals surface area contributed by atoms with Crippen LogP contribution in [0.15, 0.2) is 4.42 Å². The second kappa shape index (κ2) is 6.44. The van der Waals surface area contributed by atoms with Crippen LogP contribution in [0.3, 0.4) is 0 Å². The molecule has 8 heteroatoms. The Bertz CT molecular complexity index is 479. The van der Waals surface area contributed by atoms with Gasteiger partial charge in [0.2, 0.25) is 11.8 Å². The molecular formula is C13H18F3N3O2. The van der Waals surface area contributed by atoms with E-state index in [1.165, 1.54) is 0 Å². The number of nitrogens with zero attached hydrogens (tertiary/aromatic N) is 3. The number of aromatic nitrogens is 2. The van der Waals surface area contributed by atoms with Crippen molar-refractivity contribution in [1.82, 2.24) is 15.1 Å². The Balaban J connectivity index is 1.89. The van der Waals surface area contributed by atoms with Gasteiger partial charge in [0.15, 0.2) is 0 Å². The van der Waals surface area contributed by atoms with Gasteiger partial charge in [-0.05, 0) is 19.3 Å². The van der Waals surface area contributed by atoms with Crippen molar-refractivity contribution in [2.45, 2.75) is 51.1 Å². The molecule has 0 bridgehead atoms. The van der Waals surface area contributed by atoms with Crippen LogP contribution in [0, 0.1) is 0 Å². The number of halogens is 3. The lowest BCUT2D eigenvalue weighted by molar-refractivity contribution is -0.157. The van der Waals surface area contributed by atoms with E-state index in [9.17, 15) is 18.0 Å². The van der Waals surface area contributed by atoms with E-state index >= 15 is 0 Å². The SMILES string of the molecule is CCCCC(=O)N1CCC(c2nnc(C(F)(F)F)o2)CC1. The molecule has 1 fully saturated rings. The highest BCUT2D eigenvalue weighted by molar-refractivity contribution is 5.76. The summed E-state index contributed by atoms with van der Waals surface area (Å²) in [5, 5.41) is 6.52. The molecule has 1 aliphatic heterocycles. The van der Waals surface area contributed by atoms with E-state index in [2.05, 4.69) is 10.2 Å².